The van der Waals surface area contributed by atoms with Crippen molar-refractivity contribution in [3.63, 3.8) is 0 Å². The predicted molar refractivity (Wildman–Crippen MR) is 116 cm³/mol. The number of esters is 1. The summed E-state index contributed by atoms with van der Waals surface area (Å²) in [7, 11) is 1.49. The molecule has 0 bridgehead atoms. The Balaban J connectivity index is 1.60. The highest BCUT2D eigenvalue weighted by Crippen LogP contribution is 2.68. The normalized spacial score (nSPS) is 47.4. The van der Waals surface area contributed by atoms with Crippen LogP contribution in [0, 0.1) is 40.4 Å². The van der Waals surface area contributed by atoms with Crippen molar-refractivity contribution >= 4 is 5.97 Å². The van der Waals surface area contributed by atoms with Crippen LogP contribution >= 0.6 is 0 Å². The SMILES string of the molecule is COC(=O)CC[C@@H](C)[C@H]1CC[C@H]2[C@H]3[C@H](CC[C@]12C)[C@@]1(C)CCCCC1=CC3(C)O. The number of hydrogen-bond acceptors (Lipinski definition) is 3. The van der Waals surface area contributed by atoms with E-state index in [4.69, 9.17) is 4.74 Å². The van der Waals surface area contributed by atoms with Gasteiger partial charge >= 0.3 is 5.97 Å². The highest BCUT2D eigenvalue weighted by Gasteiger charge is 2.63. The van der Waals surface area contributed by atoms with Gasteiger partial charge in [-0.25, -0.2) is 0 Å². The summed E-state index contributed by atoms with van der Waals surface area (Å²) >= 11 is 0. The predicted octanol–water partition coefficient (Wildman–Crippen LogP) is 5.91. The van der Waals surface area contributed by atoms with Crippen LogP contribution in [-0.2, 0) is 9.53 Å². The van der Waals surface area contributed by atoms with Crippen molar-refractivity contribution in [2.24, 2.45) is 40.4 Å². The molecule has 0 spiro atoms. The first kappa shape index (κ1) is 21.4. The fourth-order valence-electron chi connectivity index (χ4n) is 8.66. The monoisotopic (exact) mass is 402 g/mol. The van der Waals surface area contributed by atoms with Crippen molar-refractivity contribution < 1.29 is 14.6 Å². The molecule has 0 aromatic heterocycles. The maximum absolute atomic E-state index is 11.7. The van der Waals surface area contributed by atoms with Gasteiger partial charge in [0.2, 0.25) is 0 Å². The van der Waals surface area contributed by atoms with Gasteiger partial charge < -0.3 is 9.84 Å². The summed E-state index contributed by atoms with van der Waals surface area (Å²) in [6.45, 7) is 9.47. The van der Waals surface area contributed by atoms with Crippen molar-refractivity contribution in [3.8, 4) is 0 Å². The average molecular weight is 403 g/mol. The number of fused-ring (bicyclic) bond motifs is 5. The summed E-state index contributed by atoms with van der Waals surface area (Å²) in [5.41, 5.74) is 1.48. The number of allylic oxidation sites excluding steroid dienone is 1. The highest BCUT2D eigenvalue weighted by atomic mass is 16.5. The van der Waals surface area contributed by atoms with Crippen molar-refractivity contribution in [2.75, 3.05) is 7.11 Å². The quantitative estimate of drug-likeness (QED) is 0.470. The van der Waals surface area contributed by atoms with Crippen molar-refractivity contribution in [1.82, 2.24) is 0 Å². The van der Waals surface area contributed by atoms with Crippen LogP contribution < -0.4 is 0 Å². The minimum absolute atomic E-state index is 0.0849. The Morgan fingerprint density at radius 1 is 1.17 bits per heavy atom. The molecule has 4 aliphatic carbocycles. The first-order chi connectivity index (χ1) is 13.6. The fourth-order valence-corrected chi connectivity index (χ4v) is 8.66. The van der Waals surface area contributed by atoms with Gasteiger partial charge in [-0.05, 0) is 98.7 Å². The molecule has 3 saturated carbocycles. The lowest BCUT2D eigenvalue weighted by Crippen LogP contribution is -2.58. The molecular formula is C26H42O3. The molecule has 3 heteroatoms. The van der Waals surface area contributed by atoms with Crippen molar-refractivity contribution in [3.05, 3.63) is 11.6 Å². The van der Waals surface area contributed by atoms with Crippen LogP contribution in [-0.4, -0.2) is 23.8 Å². The van der Waals surface area contributed by atoms with Gasteiger partial charge in [-0.3, -0.25) is 4.79 Å². The van der Waals surface area contributed by atoms with E-state index in [2.05, 4.69) is 33.8 Å². The van der Waals surface area contributed by atoms with E-state index >= 15 is 0 Å². The van der Waals surface area contributed by atoms with Crippen LogP contribution in [0.5, 0.6) is 0 Å². The molecule has 4 rings (SSSR count). The molecule has 4 aliphatic rings. The van der Waals surface area contributed by atoms with Crippen LogP contribution in [0.1, 0.15) is 91.9 Å². The third kappa shape index (κ3) is 3.30. The third-order valence-electron chi connectivity index (χ3n) is 10.1. The zero-order valence-corrected chi connectivity index (χ0v) is 19.3. The summed E-state index contributed by atoms with van der Waals surface area (Å²) in [4.78, 5) is 11.7. The molecule has 1 N–H and O–H groups in total. The molecule has 164 valence electrons. The second-order valence-electron chi connectivity index (χ2n) is 11.6. The second-order valence-corrected chi connectivity index (χ2v) is 11.6. The van der Waals surface area contributed by atoms with Crippen LogP contribution in [0.15, 0.2) is 11.6 Å². The highest BCUT2D eigenvalue weighted by molar-refractivity contribution is 5.69. The molecule has 3 nitrogen and oxygen atoms in total. The molecule has 3 fully saturated rings. The Morgan fingerprint density at radius 3 is 2.66 bits per heavy atom. The first-order valence-electron chi connectivity index (χ1n) is 12.1. The van der Waals surface area contributed by atoms with E-state index in [1.165, 1.54) is 58.5 Å². The van der Waals surface area contributed by atoms with E-state index in [-0.39, 0.29) is 11.4 Å². The maximum atomic E-state index is 11.7. The van der Waals surface area contributed by atoms with Gasteiger partial charge in [-0.15, -0.1) is 0 Å². The Kier molecular flexibility index (Phi) is 5.46. The summed E-state index contributed by atoms with van der Waals surface area (Å²) in [5.74, 6) is 2.70. The molecule has 8 atom stereocenters. The zero-order chi connectivity index (χ0) is 21.0. The molecule has 0 aromatic rings. The van der Waals surface area contributed by atoms with Crippen LogP contribution in [0.25, 0.3) is 0 Å². The number of carbonyl (C=O) groups is 1. The van der Waals surface area contributed by atoms with Crippen molar-refractivity contribution in [2.45, 2.75) is 97.5 Å². The van der Waals surface area contributed by atoms with Crippen LogP contribution in [0.2, 0.25) is 0 Å². The Morgan fingerprint density at radius 2 is 1.93 bits per heavy atom. The molecule has 0 amide bonds. The summed E-state index contributed by atoms with van der Waals surface area (Å²) < 4.78 is 4.88. The maximum Gasteiger partial charge on any atom is 0.305 e. The average Bonchev–Trinajstić information content (AvgIpc) is 3.03. The lowest BCUT2D eigenvalue weighted by Gasteiger charge is -2.61. The molecule has 0 radical (unpaired) electrons. The van der Waals surface area contributed by atoms with Gasteiger partial charge in [0, 0.05) is 6.42 Å². The third-order valence-corrected chi connectivity index (χ3v) is 10.1. The van der Waals surface area contributed by atoms with E-state index in [9.17, 15) is 9.90 Å². The smallest absolute Gasteiger partial charge is 0.305 e. The minimum atomic E-state index is -0.673. The van der Waals surface area contributed by atoms with E-state index in [0.717, 1.165) is 6.42 Å². The molecular weight excluding hydrogens is 360 g/mol. The topological polar surface area (TPSA) is 46.5 Å². The minimum Gasteiger partial charge on any atom is -0.469 e. The van der Waals surface area contributed by atoms with Crippen LogP contribution in [0.4, 0.5) is 0 Å². The lowest BCUT2D eigenvalue weighted by atomic mass is 9.44. The number of rotatable bonds is 4. The van der Waals surface area contributed by atoms with Gasteiger partial charge in [-0.1, -0.05) is 38.8 Å². The number of carbonyl (C=O) groups excluding carboxylic acids is 1. The van der Waals surface area contributed by atoms with Gasteiger partial charge in [0.15, 0.2) is 0 Å². The van der Waals surface area contributed by atoms with Gasteiger partial charge in [0.25, 0.3) is 0 Å². The van der Waals surface area contributed by atoms with E-state index in [0.29, 0.717) is 41.4 Å². The molecule has 1 unspecified atom stereocenters. The largest absolute Gasteiger partial charge is 0.469 e. The fraction of sp³-hybridized carbons (Fsp3) is 0.885. The summed E-state index contributed by atoms with van der Waals surface area (Å²) in [5, 5.41) is 11.7. The Hall–Kier alpha value is -0.830. The Bertz CT molecular complexity index is 679. The van der Waals surface area contributed by atoms with E-state index in [1.54, 1.807) is 5.57 Å². The number of aliphatic hydroxyl groups is 1. The van der Waals surface area contributed by atoms with Crippen LogP contribution in [0.3, 0.4) is 0 Å². The Labute approximate surface area is 177 Å². The first-order valence-corrected chi connectivity index (χ1v) is 12.1. The number of hydrogen-bond donors (Lipinski definition) is 1. The lowest BCUT2D eigenvalue weighted by molar-refractivity contribution is -0.141. The summed E-state index contributed by atoms with van der Waals surface area (Å²) in [6.07, 6.45) is 13.9. The van der Waals surface area contributed by atoms with Gasteiger partial charge in [-0.2, -0.15) is 0 Å². The van der Waals surface area contributed by atoms with Gasteiger partial charge in [0.1, 0.15) is 0 Å². The van der Waals surface area contributed by atoms with Crippen molar-refractivity contribution in [1.29, 1.82) is 0 Å². The number of ether oxygens (including phenoxy) is 1. The molecule has 0 saturated heterocycles. The molecule has 0 aromatic carbocycles. The second kappa shape index (κ2) is 7.39. The van der Waals surface area contributed by atoms with E-state index < -0.39 is 5.60 Å². The molecule has 0 heterocycles. The summed E-state index contributed by atoms with van der Waals surface area (Å²) in [6, 6.07) is 0. The zero-order valence-electron chi connectivity index (χ0n) is 19.3. The molecule has 0 aliphatic heterocycles. The standard InChI is InChI=1S/C26H42O3/c1-17(9-12-22(27)29-5)19-10-11-20-23-21(13-15-25(19,20)3)24(2)14-7-6-8-18(24)16-26(23,4)28/h16-17,19-21,23,28H,6-15H2,1-5H3/t17-,19-,20+,21+,23+,24+,25-,26?/m1/s1. The van der Waals surface area contributed by atoms with Gasteiger partial charge in [0.05, 0.1) is 12.7 Å². The van der Waals surface area contributed by atoms with E-state index in [1.807, 2.05) is 0 Å². The number of methoxy groups -OCH3 is 1. The molecule has 29 heavy (non-hydrogen) atoms.